The number of rotatable bonds is 7. The van der Waals surface area contributed by atoms with Crippen molar-refractivity contribution in [1.82, 2.24) is 24.9 Å². The normalized spacial score (nSPS) is 11.5. The lowest BCUT2D eigenvalue weighted by atomic mass is 10.1. The molecule has 0 fully saturated rings. The third kappa shape index (κ3) is 3.91. The number of hydrogen-bond acceptors (Lipinski definition) is 7. The number of hydrogen-bond donors (Lipinski definition) is 0. The number of halogens is 1. The smallest absolute Gasteiger partial charge is 0.253 e. The second-order valence-corrected chi connectivity index (χ2v) is 8.68. The topological polar surface area (TPSA) is 82.8 Å². The average molecular weight is 466 g/mol. The quantitative estimate of drug-likeness (QED) is 0.257. The SMILES string of the molecule is CCCn1c(SCc2nnc(-c3c(-c4ccccc4)noc3C)o2)nc2cc(Cl)ccc21. The summed E-state index contributed by atoms with van der Waals surface area (Å²) in [5.41, 5.74) is 4.28. The van der Waals surface area contributed by atoms with Crippen LogP contribution < -0.4 is 0 Å². The van der Waals surface area contributed by atoms with E-state index < -0.39 is 0 Å². The molecule has 0 spiro atoms. The number of fused-ring (bicyclic) bond motifs is 1. The third-order valence-electron chi connectivity index (χ3n) is 5.04. The molecule has 32 heavy (non-hydrogen) atoms. The maximum Gasteiger partial charge on any atom is 0.253 e. The highest BCUT2D eigenvalue weighted by molar-refractivity contribution is 7.98. The summed E-state index contributed by atoms with van der Waals surface area (Å²) in [7, 11) is 0. The Morgan fingerprint density at radius 2 is 1.94 bits per heavy atom. The molecule has 5 aromatic rings. The molecule has 7 nitrogen and oxygen atoms in total. The molecule has 0 bridgehead atoms. The Bertz CT molecular complexity index is 1380. The summed E-state index contributed by atoms with van der Waals surface area (Å²) >= 11 is 7.71. The van der Waals surface area contributed by atoms with Crippen molar-refractivity contribution in [3.05, 3.63) is 65.2 Å². The number of aryl methyl sites for hydroxylation is 2. The van der Waals surface area contributed by atoms with Crippen molar-refractivity contribution >= 4 is 34.4 Å². The predicted molar refractivity (Wildman–Crippen MR) is 125 cm³/mol. The molecule has 0 amide bonds. The molecule has 0 saturated heterocycles. The van der Waals surface area contributed by atoms with E-state index in [2.05, 4.69) is 26.8 Å². The second kappa shape index (κ2) is 8.80. The van der Waals surface area contributed by atoms with Crippen LogP contribution in [-0.2, 0) is 12.3 Å². The molecule has 2 aromatic carbocycles. The first-order chi connectivity index (χ1) is 15.6. The van der Waals surface area contributed by atoms with Crippen LogP contribution in [-0.4, -0.2) is 24.9 Å². The Balaban J connectivity index is 1.41. The van der Waals surface area contributed by atoms with Crippen molar-refractivity contribution in [1.29, 1.82) is 0 Å². The zero-order chi connectivity index (χ0) is 22.1. The molecule has 0 radical (unpaired) electrons. The van der Waals surface area contributed by atoms with Crippen LogP contribution >= 0.6 is 23.4 Å². The highest BCUT2D eigenvalue weighted by Gasteiger charge is 2.22. The van der Waals surface area contributed by atoms with Crippen molar-refractivity contribution in [2.45, 2.75) is 37.7 Å². The number of imidazole rings is 1. The van der Waals surface area contributed by atoms with Gasteiger partial charge in [-0.05, 0) is 31.5 Å². The molecule has 0 unspecified atom stereocenters. The minimum atomic E-state index is 0.395. The lowest BCUT2D eigenvalue weighted by Crippen LogP contribution is -1.98. The van der Waals surface area contributed by atoms with E-state index in [1.54, 1.807) is 11.8 Å². The fraction of sp³-hybridized carbons (Fsp3) is 0.217. The second-order valence-electron chi connectivity index (χ2n) is 7.30. The van der Waals surface area contributed by atoms with Gasteiger partial charge >= 0.3 is 0 Å². The van der Waals surface area contributed by atoms with Gasteiger partial charge in [-0.25, -0.2) is 4.98 Å². The lowest BCUT2D eigenvalue weighted by molar-refractivity contribution is 0.399. The Morgan fingerprint density at radius 3 is 2.75 bits per heavy atom. The van der Waals surface area contributed by atoms with E-state index in [-0.39, 0.29) is 0 Å². The summed E-state index contributed by atoms with van der Waals surface area (Å²) in [6.45, 7) is 4.85. The van der Waals surface area contributed by atoms with Crippen LogP contribution in [0.25, 0.3) is 33.7 Å². The van der Waals surface area contributed by atoms with Crippen molar-refractivity contribution in [2.24, 2.45) is 0 Å². The first-order valence-electron chi connectivity index (χ1n) is 10.3. The fourth-order valence-electron chi connectivity index (χ4n) is 3.59. The zero-order valence-corrected chi connectivity index (χ0v) is 19.2. The van der Waals surface area contributed by atoms with E-state index in [1.165, 1.54) is 0 Å². The van der Waals surface area contributed by atoms with Gasteiger partial charge < -0.3 is 13.5 Å². The fourth-order valence-corrected chi connectivity index (χ4v) is 4.63. The molecule has 0 N–H and O–H groups in total. The number of thioether (sulfide) groups is 1. The Labute approximate surface area is 193 Å². The first kappa shape index (κ1) is 20.8. The summed E-state index contributed by atoms with van der Waals surface area (Å²) in [6.07, 6.45) is 1.00. The van der Waals surface area contributed by atoms with Gasteiger partial charge in [-0.2, -0.15) is 0 Å². The minimum absolute atomic E-state index is 0.395. The van der Waals surface area contributed by atoms with Gasteiger partial charge in [-0.3, -0.25) is 0 Å². The molecule has 3 aromatic heterocycles. The molecule has 162 valence electrons. The van der Waals surface area contributed by atoms with E-state index >= 15 is 0 Å². The zero-order valence-electron chi connectivity index (χ0n) is 17.6. The number of nitrogens with zero attached hydrogens (tertiary/aromatic N) is 5. The molecule has 0 atom stereocenters. The molecule has 0 aliphatic heterocycles. The van der Waals surface area contributed by atoms with Crippen LogP contribution in [0, 0.1) is 6.92 Å². The van der Waals surface area contributed by atoms with Crippen LogP contribution in [0.15, 0.2) is 62.6 Å². The maximum absolute atomic E-state index is 6.15. The van der Waals surface area contributed by atoms with Crippen molar-refractivity contribution < 1.29 is 8.94 Å². The largest absolute Gasteiger partial charge is 0.420 e. The molecule has 5 rings (SSSR count). The summed E-state index contributed by atoms with van der Waals surface area (Å²) in [6, 6.07) is 15.6. The van der Waals surface area contributed by atoms with Crippen LogP contribution in [0.1, 0.15) is 25.0 Å². The molecular weight excluding hydrogens is 446 g/mol. The van der Waals surface area contributed by atoms with E-state index in [9.17, 15) is 0 Å². The minimum Gasteiger partial charge on any atom is -0.420 e. The van der Waals surface area contributed by atoms with Gasteiger partial charge in [0.2, 0.25) is 5.89 Å². The first-order valence-corrected chi connectivity index (χ1v) is 11.6. The standard InChI is InChI=1S/C23H20ClN5O2S/c1-3-11-29-18-10-9-16(24)12-17(18)25-23(29)32-13-19-26-27-22(30-19)20-14(2)31-28-21(20)15-7-5-4-6-8-15/h4-10,12H,3,11,13H2,1-2H3. The van der Waals surface area contributed by atoms with Crippen molar-refractivity contribution in [3.8, 4) is 22.7 Å². The van der Waals surface area contributed by atoms with Gasteiger partial charge in [-0.1, -0.05) is 65.8 Å². The summed E-state index contributed by atoms with van der Waals surface area (Å²) < 4.78 is 13.6. The number of aromatic nitrogens is 5. The molecule has 0 aliphatic carbocycles. The van der Waals surface area contributed by atoms with Crippen molar-refractivity contribution in [2.75, 3.05) is 0 Å². The lowest BCUT2D eigenvalue weighted by Gasteiger charge is -2.06. The van der Waals surface area contributed by atoms with Gasteiger partial charge in [0.15, 0.2) is 5.16 Å². The van der Waals surface area contributed by atoms with Crippen LogP contribution in [0.5, 0.6) is 0 Å². The highest BCUT2D eigenvalue weighted by atomic mass is 35.5. The van der Waals surface area contributed by atoms with Crippen LogP contribution in [0.2, 0.25) is 5.02 Å². The van der Waals surface area contributed by atoms with E-state index in [4.69, 9.17) is 25.5 Å². The Kier molecular flexibility index (Phi) is 5.71. The van der Waals surface area contributed by atoms with Crippen LogP contribution in [0.3, 0.4) is 0 Å². The Morgan fingerprint density at radius 1 is 1.09 bits per heavy atom. The summed E-state index contributed by atoms with van der Waals surface area (Å²) in [5, 5.41) is 14.3. The van der Waals surface area contributed by atoms with Gasteiger partial charge in [0.05, 0.1) is 16.8 Å². The van der Waals surface area contributed by atoms with Gasteiger partial charge in [-0.15, -0.1) is 10.2 Å². The summed E-state index contributed by atoms with van der Waals surface area (Å²) in [4.78, 5) is 4.76. The summed E-state index contributed by atoms with van der Waals surface area (Å²) in [5.74, 6) is 2.04. The molecule has 3 heterocycles. The molecular formula is C23H20ClN5O2S. The van der Waals surface area contributed by atoms with E-state index in [0.717, 1.165) is 34.7 Å². The van der Waals surface area contributed by atoms with Gasteiger partial charge in [0, 0.05) is 17.1 Å². The monoisotopic (exact) mass is 465 g/mol. The van der Waals surface area contributed by atoms with Gasteiger partial charge in [0.1, 0.15) is 17.0 Å². The molecule has 0 aliphatic rings. The van der Waals surface area contributed by atoms with Crippen LogP contribution in [0.4, 0.5) is 0 Å². The number of benzene rings is 2. The highest BCUT2D eigenvalue weighted by Crippen LogP contribution is 2.34. The predicted octanol–water partition coefficient (Wildman–Crippen LogP) is 6.41. The molecule has 9 heteroatoms. The average Bonchev–Trinajstić information content (AvgIpc) is 3.50. The Hall–Kier alpha value is -3.10. The maximum atomic E-state index is 6.15. The van der Waals surface area contributed by atoms with E-state index in [0.29, 0.717) is 39.6 Å². The third-order valence-corrected chi connectivity index (χ3v) is 6.23. The van der Waals surface area contributed by atoms with Crippen molar-refractivity contribution in [3.63, 3.8) is 0 Å². The molecule has 0 saturated carbocycles. The van der Waals surface area contributed by atoms with E-state index in [1.807, 2.05) is 55.5 Å². The van der Waals surface area contributed by atoms with Gasteiger partial charge in [0.25, 0.3) is 5.89 Å².